The van der Waals surface area contributed by atoms with E-state index in [2.05, 4.69) is 15.9 Å². The summed E-state index contributed by atoms with van der Waals surface area (Å²) in [5, 5.41) is 1.12. The van der Waals surface area contributed by atoms with Gasteiger partial charge in [-0.2, -0.15) is 0 Å². The summed E-state index contributed by atoms with van der Waals surface area (Å²) in [7, 11) is 0. The molecule has 1 aromatic rings. The van der Waals surface area contributed by atoms with E-state index in [0.29, 0.717) is 0 Å². The van der Waals surface area contributed by atoms with Crippen molar-refractivity contribution in [2.45, 2.75) is 38.5 Å². The smallest absolute Gasteiger partial charge is 0.103 e. The zero-order chi connectivity index (χ0) is 11.5. The Hall–Kier alpha value is -0.280. The van der Waals surface area contributed by atoms with Crippen molar-refractivity contribution in [3.63, 3.8) is 0 Å². The summed E-state index contributed by atoms with van der Waals surface area (Å²) >= 11 is 3.43. The molecule has 16 heavy (non-hydrogen) atoms. The molecule has 92 valence electrons. The van der Waals surface area contributed by atoms with Crippen molar-refractivity contribution in [3.8, 4) is 0 Å². The molecule has 0 N–H and O–H groups in total. The summed E-state index contributed by atoms with van der Waals surface area (Å²) in [6.07, 6.45) is 8.81. The predicted octanol–water partition coefficient (Wildman–Crippen LogP) is 4.18. The summed E-state index contributed by atoms with van der Waals surface area (Å²) in [6, 6.07) is 3.94. The summed E-state index contributed by atoms with van der Waals surface area (Å²) in [5.41, 5.74) is 0. The quantitative estimate of drug-likeness (QED) is 0.476. The SMILES string of the molecule is BrCCCCCCOCCCc1ccco1. The van der Waals surface area contributed by atoms with Gasteiger partial charge in [0.2, 0.25) is 0 Å². The number of ether oxygens (including phenoxy) is 1. The second-order valence-corrected chi connectivity index (χ2v) is 4.69. The van der Waals surface area contributed by atoms with Gasteiger partial charge in [0, 0.05) is 25.0 Å². The minimum Gasteiger partial charge on any atom is -0.469 e. The normalized spacial score (nSPS) is 10.8. The Bertz CT molecular complexity index is 234. The zero-order valence-electron chi connectivity index (χ0n) is 9.79. The molecule has 1 heterocycles. The lowest BCUT2D eigenvalue weighted by molar-refractivity contribution is 0.127. The van der Waals surface area contributed by atoms with E-state index in [4.69, 9.17) is 9.15 Å². The average Bonchev–Trinajstić information content (AvgIpc) is 2.80. The van der Waals surface area contributed by atoms with Gasteiger partial charge >= 0.3 is 0 Å². The van der Waals surface area contributed by atoms with Crippen LogP contribution in [0, 0.1) is 0 Å². The van der Waals surface area contributed by atoms with Crippen molar-refractivity contribution in [3.05, 3.63) is 24.2 Å². The molecule has 0 saturated heterocycles. The highest BCUT2D eigenvalue weighted by molar-refractivity contribution is 9.09. The van der Waals surface area contributed by atoms with E-state index in [-0.39, 0.29) is 0 Å². The Morgan fingerprint density at radius 1 is 1.06 bits per heavy atom. The molecule has 2 nitrogen and oxygen atoms in total. The zero-order valence-corrected chi connectivity index (χ0v) is 11.4. The van der Waals surface area contributed by atoms with Crippen molar-refractivity contribution in [1.82, 2.24) is 0 Å². The molecule has 0 saturated carbocycles. The van der Waals surface area contributed by atoms with E-state index in [1.54, 1.807) is 6.26 Å². The molecule has 0 spiro atoms. The lowest BCUT2D eigenvalue weighted by Crippen LogP contribution is -1.98. The number of rotatable bonds is 10. The van der Waals surface area contributed by atoms with Gasteiger partial charge in [-0.05, 0) is 31.4 Å². The predicted molar refractivity (Wildman–Crippen MR) is 70.1 cm³/mol. The van der Waals surface area contributed by atoms with E-state index >= 15 is 0 Å². The van der Waals surface area contributed by atoms with Crippen molar-refractivity contribution in [2.24, 2.45) is 0 Å². The number of furan rings is 1. The first kappa shape index (κ1) is 13.8. The van der Waals surface area contributed by atoms with Gasteiger partial charge in [-0.25, -0.2) is 0 Å². The highest BCUT2D eigenvalue weighted by Gasteiger charge is 1.95. The standard InChI is InChI=1S/C13H21BrO2/c14-9-3-1-2-4-10-15-11-5-7-13-8-6-12-16-13/h6,8,12H,1-5,7,9-11H2. The van der Waals surface area contributed by atoms with Gasteiger partial charge in [0.05, 0.1) is 6.26 Å². The van der Waals surface area contributed by atoms with E-state index in [1.807, 2.05) is 12.1 Å². The Morgan fingerprint density at radius 3 is 2.62 bits per heavy atom. The third kappa shape index (κ3) is 7.07. The second kappa shape index (κ2) is 9.91. The van der Waals surface area contributed by atoms with Crippen LogP contribution in [-0.4, -0.2) is 18.5 Å². The number of unbranched alkanes of at least 4 members (excludes halogenated alkanes) is 3. The number of halogens is 1. The van der Waals surface area contributed by atoms with Crippen LogP contribution in [0.3, 0.4) is 0 Å². The highest BCUT2D eigenvalue weighted by atomic mass is 79.9. The van der Waals surface area contributed by atoms with E-state index in [1.165, 1.54) is 25.7 Å². The minimum absolute atomic E-state index is 0.846. The van der Waals surface area contributed by atoms with Crippen LogP contribution < -0.4 is 0 Å². The number of hydrogen-bond acceptors (Lipinski definition) is 2. The van der Waals surface area contributed by atoms with Crippen LogP contribution in [0.5, 0.6) is 0 Å². The lowest BCUT2D eigenvalue weighted by atomic mass is 10.2. The van der Waals surface area contributed by atoms with Crippen LogP contribution in [0.1, 0.15) is 37.9 Å². The molecular weight excluding hydrogens is 268 g/mol. The highest BCUT2D eigenvalue weighted by Crippen LogP contribution is 2.05. The number of hydrogen-bond donors (Lipinski definition) is 0. The topological polar surface area (TPSA) is 22.4 Å². The Kier molecular flexibility index (Phi) is 8.54. The van der Waals surface area contributed by atoms with Gasteiger partial charge < -0.3 is 9.15 Å². The molecule has 0 atom stereocenters. The van der Waals surface area contributed by atoms with E-state index in [9.17, 15) is 0 Å². The summed E-state index contributed by atoms with van der Waals surface area (Å²) < 4.78 is 10.8. The third-order valence-electron chi connectivity index (χ3n) is 2.46. The molecule has 3 heteroatoms. The molecule has 0 bridgehead atoms. The molecule has 0 aromatic carbocycles. The van der Waals surface area contributed by atoms with Crippen LogP contribution in [0.4, 0.5) is 0 Å². The molecule has 0 aliphatic heterocycles. The maximum atomic E-state index is 5.56. The van der Waals surface area contributed by atoms with Crippen LogP contribution >= 0.6 is 15.9 Å². The molecule has 0 unspecified atom stereocenters. The largest absolute Gasteiger partial charge is 0.469 e. The van der Waals surface area contributed by atoms with Gasteiger partial charge in [-0.15, -0.1) is 0 Å². The van der Waals surface area contributed by atoms with Crippen LogP contribution in [0.2, 0.25) is 0 Å². The summed E-state index contributed by atoms with van der Waals surface area (Å²) in [5.74, 6) is 1.06. The van der Waals surface area contributed by atoms with Crippen molar-refractivity contribution in [2.75, 3.05) is 18.5 Å². The molecule has 1 rings (SSSR count). The molecule has 0 aliphatic carbocycles. The van der Waals surface area contributed by atoms with Gasteiger partial charge in [-0.3, -0.25) is 0 Å². The number of aryl methyl sites for hydroxylation is 1. The third-order valence-corrected chi connectivity index (χ3v) is 3.02. The first-order valence-corrected chi connectivity index (χ1v) is 7.21. The van der Waals surface area contributed by atoms with E-state index < -0.39 is 0 Å². The molecular formula is C13H21BrO2. The lowest BCUT2D eigenvalue weighted by Gasteiger charge is -2.03. The molecule has 0 radical (unpaired) electrons. The Balaban J connectivity index is 1.78. The summed E-state index contributed by atoms with van der Waals surface area (Å²) in [6.45, 7) is 1.75. The van der Waals surface area contributed by atoms with Gasteiger partial charge in [0.25, 0.3) is 0 Å². The second-order valence-electron chi connectivity index (χ2n) is 3.90. The van der Waals surface area contributed by atoms with E-state index in [0.717, 1.165) is 37.1 Å². The van der Waals surface area contributed by atoms with Gasteiger partial charge in [0.1, 0.15) is 5.76 Å². The number of alkyl halides is 1. The Morgan fingerprint density at radius 2 is 1.88 bits per heavy atom. The molecule has 1 aromatic heterocycles. The molecule has 0 amide bonds. The molecule has 0 aliphatic rings. The fourth-order valence-electron chi connectivity index (χ4n) is 1.56. The first-order chi connectivity index (χ1) is 7.93. The molecule has 0 fully saturated rings. The fraction of sp³-hybridized carbons (Fsp3) is 0.692. The monoisotopic (exact) mass is 288 g/mol. The van der Waals surface area contributed by atoms with Gasteiger partial charge in [-0.1, -0.05) is 28.8 Å². The van der Waals surface area contributed by atoms with Gasteiger partial charge in [0.15, 0.2) is 0 Å². The Labute approximate surface area is 106 Å². The van der Waals surface area contributed by atoms with Crippen molar-refractivity contribution >= 4 is 15.9 Å². The minimum atomic E-state index is 0.846. The van der Waals surface area contributed by atoms with Crippen molar-refractivity contribution < 1.29 is 9.15 Å². The van der Waals surface area contributed by atoms with Crippen LogP contribution in [0.15, 0.2) is 22.8 Å². The average molecular weight is 289 g/mol. The maximum Gasteiger partial charge on any atom is 0.103 e. The van der Waals surface area contributed by atoms with Crippen LogP contribution in [-0.2, 0) is 11.2 Å². The first-order valence-electron chi connectivity index (χ1n) is 6.09. The maximum absolute atomic E-state index is 5.56. The van der Waals surface area contributed by atoms with Crippen LogP contribution in [0.25, 0.3) is 0 Å². The fourth-order valence-corrected chi connectivity index (χ4v) is 1.95. The summed E-state index contributed by atoms with van der Waals surface area (Å²) in [4.78, 5) is 0. The van der Waals surface area contributed by atoms with Crippen molar-refractivity contribution in [1.29, 1.82) is 0 Å².